The number of anilines is 1. The first-order valence-corrected chi connectivity index (χ1v) is 5.57. The van der Waals surface area contributed by atoms with E-state index in [4.69, 9.17) is 5.73 Å². The van der Waals surface area contributed by atoms with Crippen LogP contribution in [-0.4, -0.2) is 0 Å². The first-order chi connectivity index (χ1) is 8.88. The summed E-state index contributed by atoms with van der Waals surface area (Å²) in [4.78, 5) is 0. The van der Waals surface area contributed by atoms with Gasteiger partial charge in [0.1, 0.15) is 5.82 Å². The Balaban J connectivity index is 2.41. The SMILES string of the molecule is Nc1ccc(F)cc1Cc1ccccc1C(F)(F)F. The van der Waals surface area contributed by atoms with Crippen LogP contribution in [-0.2, 0) is 12.6 Å². The summed E-state index contributed by atoms with van der Waals surface area (Å²) in [5, 5.41) is 0. The molecule has 0 bridgehead atoms. The number of nitrogen functional groups attached to an aromatic ring is 1. The topological polar surface area (TPSA) is 26.0 Å². The van der Waals surface area contributed by atoms with Crippen molar-refractivity contribution in [2.75, 3.05) is 5.73 Å². The fraction of sp³-hybridized carbons (Fsp3) is 0.143. The predicted molar refractivity (Wildman–Crippen MR) is 65.1 cm³/mol. The lowest BCUT2D eigenvalue weighted by molar-refractivity contribution is -0.138. The quantitative estimate of drug-likeness (QED) is 0.646. The Bertz CT molecular complexity index is 590. The van der Waals surface area contributed by atoms with Gasteiger partial charge in [0.2, 0.25) is 0 Å². The maximum absolute atomic E-state index is 13.1. The Hall–Kier alpha value is -2.04. The van der Waals surface area contributed by atoms with Gasteiger partial charge in [-0.05, 0) is 35.4 Å². The first kappa shape index (κ1) is 13.4. The molecule has 0 aliphatic carbocycles. The summed E-state index contributed by atoms with van der Waals surface area (Å²) in [7, 11) is 0. The van der Waals surface area contributed by atoms with E-state index in [9.17, 15) is 17.6 Å². The van der Waals surface area contributed by atoms with Gasteiger partial charge < -0.3 is 5.73 Å². The summed E-state index contributed by atoms with van der Waals surface area (Å²) in [6.45, 7) is 0. The van der Waals surface area contributed by atoms with E-state index in [1.807, 2.05) is 0 Å². The number of hydrogen-bond donors (Lipinski definition) is 1. The van der Waals surface area contributed by atoms with Crippen LogP contribution in [0.1, 0.15) is 16.7 Å². The van der Waals surface area contributed by atoms with Crippen LogP contribution < -0.4 is 5.73 Å². The molecule has 0 heterocycles. The maximum Gasteiger partial charge on any atom is 0.416 e. The van der Waals surface area contributed by atoms with Gasteiger partial charge in [-0.15, -0.1) is 0 Å². The molecule has 5 heteroatoms. The number of alkyl halides is 3. The van der Waals surface area contributed by atoms with Crippen molar-refractivity contribution < 1.29 is 17.6 Å². The smallest absolute Gasteiger partial charge is 0.398 e. The van der Waals surface area contributed by atoms with E-state index in [-0.39, 0.29) is 17.7 Å². The van der Waals surface area contributed by atoms with Crippen LogP contribution in [0.3, 0.4) is 0 Å². The summed E-state index contributed by atoms with van der Waals surface area (Å²) < 4.78 is 51.6. The third-order valence-corrected chi connectivity index (χ3v) is 2.81. The highest BCUT2D eigenvalue weighted by atomic mass is 19.4. The van der Waals surface area contributed by atoms with E-state index < -0.39 is 17.6 Å². The van der Waals surface area contributed by atoms with E-state index in [0.29, 0.717) is 5.56 Å². The molecule has 0 radical (unpaired) electrons. The van der Waals surface area contributed by atoms with Gasteiger partial charge in [-0.25, -0.2) is 4.39 Å². The van der Waals surface area contributed by atoms with E-state index in [1.54, 1.807) is 0 Å². The van der Waals surface area contributed by atoms with Crippen molar-refractivity contribution in [1.82, 2.24) is 0 Å². The average molecular weight is 269 g/mol. The molecular formula is C14H11F4N. The Morgan fingerprint density at radius 1 is 0.947 bits per heavy atom. The molecule has 0 atom stereocenters. The maximum atomic E-state index is 13.1. The third-order valence-electron chi connectivity index (χ3n) is 2.81. The summed E-state index contributed by atoms with van der Waals surface area (Å²) in [6, 6.07) is 8.89. The molecule has 2 rings (SSSR count). The second-order valence-corrected chi connectivity index (χ2v) is 4.17. The van der Waals surface area contributed by atoms with Crippen LogP contribution in [0.25, 0.3) is 0 Å². The Kier molecular flexibility index (Phi) is 3.46. The lowest BCUT2D eigenvalue weighted by Crippen LogP contribution is -2.09. The Morgan fingerprint density at radius 2 is 1.63 bits per heavy atom. The molecule has 0 unspecified atom stereocenters. The first-order valence-electron chi connectivity index (χ1n) is 5.57. The minimum atomic E-state index is -4.43. The van der Waals surface area contributed by atoms with E-state index in [2.05, 4.69) is 0 Å². The zero-order valence-electron chi connectivity index (χ0n) is 9.84. The number of halogens is 4. The highest BCUT2D eigenvalue weighted by molar-refractivity contribution is 5.49. The Morgan fingerprint density at radius 3 is 2.32 bits per heavy atom. The van der Waals surface area contributed by atoms with Crippen LogP contribution in [0.15, 0.2) is 42.5 Å². The van der Waals surface area contributed by atoms with Gasteiger partial charge in [-0.3, -0.25) is 0 Å². The van der Waals surface area contributed by atoms with Gasteiger partial charge in [-0.1, -0.05) is 18.2 Å². The molecule has 0 fully saturated rings. The number of hydrogen-bond acceptors (Lipinski definition) is 1. The molecule has 0 saturated heterocycles. The minimum absolute atomic E-state index is 0.0563. The number of rotatable bonds is 2. The largest absolute Gasteiger partial charge is 0.416 e. The molecule has 0 aromatic heterocycles. The van der Waals surface area contributed by atoms with Crippen molar-refractivity contribution in [2.45, 2.75) is 12.6 Å². The molecular weight excluding hydrogens is 258 g/mol. The van der Waals surface area contributed by atoms with Crippen LogP contribution in [0.5, 0.6) is 0 Å². The molecule has 100 valence electrons. The summed E-state index contributed by atoms with van der Waals surface area (Å²) >= 11 is 0. The van der Waals surface area contributed by atoms with Crippen molar-refractivity contribution >= 4 is 5.69 Å². The summed E-state index contributed by atoms with van der Waals surface area (Å²) in [6.07, 6.45) is -4.49. The fourth-order valence-corrected chi connectivity index (χ4v) is 1.88. The minimum Gasteiger partial charge on any atom is -0.398 e. The summed E-state index contributed by atoms with van der Waals surface area (Å²) in [5.41, 5.74) is 5.62. The second kappa shape index (κ2) is 4.91. The zero-order chi connectivity index (χ0) is 14.0. The van der Waals surface area contributed by atoms with E-state index >= 15 is 0 Å². The van der Waals surface area contributed by atoms with Crippen LogP contribution in [0.2, 0.25) is 0 Å². The second-order valence-electron chi connectivity index (χ2n) is 4.17. The lowest BCUT2D eigenvalue weighted by Gasteiger charge is -2.13. The van der Waals surface area contributed by atoms with Crippen molar-refractivity contribution in [3.8, 4) is 0 Å². The average Bonchev–Trinajstić information content (AvgIpc) is 2.33. The summed E-state index contributed by atoms with van der Waals surface area (Å²) in [5.74, 6) is -0.520. The molecule has 19 heavy (non-hydrogen) atoms. The molecule has 0 saturated carbocycles. The molecule has 1 nitrogen and oxygen atoms in total. The monoisotopic (exact) mass is 269 g/mol. The van der Waals surface area contributed by atoms with E-state index in [1.165, 1.54) is 30.3 Å². The molecule has 0 spiro atoms. The molecule has 2 aromatic carbocycles. The predicted octanol–water partition coefficient (Wildman–Crippen LogP) is 4.02. The molecule has 0 amide bonds. The Labute approximate surface area is 107 Å². The molecule has 2 aromatic rings. The van der Waals surface area contributed by atoms with Gasteiger partial charge >= 0.3 is 6.18 Å². The van der Waals surface area contributed by atoms with Gasteiger partial charge in [0.25, 0.3) is 0 Å². The van der Waals surface area contributed by atoms with Crippen molar-refractivity contribution in [3.05, 3.63) is 65.0 Å². The van der Waals surface area contributed by atoms with Crippen LogP contribution in [0.4, 0.5) is 23.2 Å². The standard InChI is InChI=1S/C14H11F4N/c15-11-5-6-13(19)10(8-11)7-9-3-1-2-4-12(9)14(16,17)18/h1-6,8H,7,19H2. The third kappa shape index (κ3) is 3.05. The highest BCUT2D eigenvalue weighted by Gasteiger charge is 2.32. The molecule has 0 aliphatic heterocycles. The zero-order valence-corrected chi connectivity index (χ0v) is 9.84. The lowest BCUT2D eigenvalue weighted by atomic mass is 9.98. The van der Waals surface area contributed by atoms with E-state index in [0.717, 1.165) is 12.1 Å². The molecule has 0 aliphatic rings. The highest BCUT2D eigenvalue weighted by Crippen LogP contribution is 2.33. The van der Waals surface area contributed by atoms with Crippen LogP contribution in [0, 0.1) is 5.82 Å². The number of benzene rings is 2. The fourth-order valence-electron chi connectivity index (χ4n) is 1.88. The van der Waals surface area contributed by atoms with Gasteiger partial charge in [0, 0.05) is 12.1 Å². The normalized spacial score (nSPS) is 11.6. The number of nitrogens with two attached hydrogens (primary N) is 1. The van der Waals surface area contributed by atoms with Crippen molar-refractivity contribution in [3.63, 3.8) is 0 Å². The van der Waals surface area contributed by atoms with Gasteiger partial charge in [-0.2, -0.15) is 13.2 Å². The van der Waals surface area contributed by atoms with Crippen LogP contribution >= 0.6 is 0 Å². The van der Waals surface area contributed by atoms with Crippen molar-refractivity contribution in [2.24, 2.45) is 0 Å². The molecule has 2 N–H and O–H groups in total. The van der Waals surface area contributed by atoms with Gasteiger partial charge in [0.05, 0.1) is 5.56 Å². The van der Waals surface area contributed by atoms with Crippen molar-refractivity contribution in [1.29, 1.82) is 0 Å². The van der Waals surface area contributed by atoms with Gasteiger partial charge in [0.15, 0.2) is 0 Å².